The van der Waals surface area contributed by atoms with Crippen LogP contribution in [0.4, 0.5) is 0 Å². The van der Waals surface area contributed by atoms with E-state index >= 15 is 0 Å². The molecule has 0 bridgehead atoms. The van der Waals surface area contributed by atoms with E-state index in [0.29, 0.717) is 0 Å². The molecule has 0 N–H and O–H groups in total. The van der Waals surface area contributed by atoms with Crippen molar-refractivity contribution in [3.05, 3.63) is 150 Å². The van der Waals surface area contributed by atoms with Crippen LogP contribution in [-0.2, 0) is 24.2 Å². The van der Waals surface area contributed by atoms with Crippen molar-refractivity contribution >= 4 is 49.6 Å². The van der Waals surface area contributed by atoms with Crippen molar-refractivity contribution in [3.63, 3.8) is 0 Å². The third-order valence-electron chi connectivity index (χ3n) is 6.01. The normalized spacial score (nSPS) is 11.6. The van der Waals surface area contributed by atoms with Crippen molar-refractivity contribution in [2.45, 2.75) is 20.3 Å². The van der Waals surface area contributed by atoms with Gasteiger partial charge in [0.05, 0.1) is 0 Å². The molecule has 1 aliphatic rings. The molecular formula is C33H30Cl2Zr. The van der Waals surface area contributed by atoms with Crippen LogP contribution >= 0.6 is 24.8 Å². The molecule has 0 unspecified atom stereocenters. The van der Waals surface area contributed by atoms with Gasteiger partial charge in [-0.25, -0.2) is 11.1 Å². The van der Waals surface area contributed by atoms with Crippen molar-refractivity contribution in [1.29, 1.82) is 0 Å². The summed E-state index contributed by atoms with van der Waals surface area (Å²) in [4.78, 5) is 0. The zero-order valence-electron chi connectivity index (χ0n) is 20.6. The number of halogens is 2. The summed E-state index contributed by atoms with van der Waals surface area (Å²) in [6.45, 7) is 4.22. The van der Waals surface area contributed by atoms with Gasteiger partial charge in [-0.3, -0.25) is 6.08 Å². The molecule has 0 aromatic heterocycles. The van der Waals surface area contributed by atoms with Gasteiger partial charge in [0.25, 0.3) is 0 Å². The second-order valence-electron chi connectivity index (χ2n) is 8.32. The first kappa shape index (κ1) is 29.8. The summed E-state index contributed by atoms with van der Waals surface area (Å²) in [5.74, 6) is 0. The molecule has 0 atom stereocenters. The van der Waals surface area contributed by atoms with Crippen molar-refractivity contribution in [2.75, 3.05) is 0 Å². The van der Waals surface area contributed by atoms with Gasteiger partial charge in [0.1, 0.15) is 0 Å². The smallest absolute Gasteiger partial charge is 0.0771 e. The first-order valence-electron chi connectivity index (χ1n) is 11.6. The van der Waals surface area contributed by atoms with E-state index in [0.717, 1.165) is 6.42 Å². The number of fused-ring (bicyclic) bond motifs is 3. The third kappa shape index (κ3) is 7.78. The Kier molecular flexibility index (Phi) is 12.4. The number of benzene rings is 4. The van der Waals surface area contributed by atoms with Crippen LogP contribution in [-0.4, -0.2) is 3.21 Å². The number of hydrogen-bond acceptors (Lipinski definition) is 0. The molecule has 0 radical (unpaired) electrons. The van der Waals surface area contributed by atoms with Crippen LogP contribution in [0.15, 0.2) is 132 Å². The van der Waals surface area contributed by atoms with Gasteiger partial charge in [0.15, 0.2) is 0 Å². The van der Waals surface area contributed by atoms with Crippen LogP contribution in [0.25, 0.3) is 21.5 Å². The molecule has 5 aromatic carbocycles. The van der Waals surface area contributed by atoms with E-state index < -0.39 is 0 Å². The third-order valence-corrected chi connectivity index (χ3v) is 7.43. The minimum atomic E-state index is 0. The van der Waals surface area contributed by atoms with Gasteiger partial charge >= 0.3 is 99.2 Å². The van der Waals surface area contributed by atoms with E-state index in [1.165, 1.54) is 71.3 Å². The molecular weight excluding hydrogens is 558 g/mol. The van der Waals surface area contributed by atoms with Gasteiger partial charge in [-0.05, 0) is 0 Å². The molecule has 0 saturated carbocycles. The quantitative estimate of drug-likeness (QED) is 0.180. The second-order valence-corrected chi connectivity index (χ2v) is 9.55. The van der Waals surface area contributed by atoms with Crippen LogP contribution in [0, 0.1) is 6.08 Å². The van der Waals surface area contributed by atoms with Gasteiger partial charge in [-0.1, -0.05) is 43.3 Å². The number of rotatable bonds is 2. The molecule has 1 aliphatic carbocycles. The fraction of sp³-hybridized carbons (Fsp3) is 0.0909. The van der Waals surface area contributed by atoms with Crippen molar-refractivity contribution in [1.82, 2.24) is 0 Å². The second kappa shape index (κ2) is 15.0. The monoisotopic (exact) mass is 586 g/mol. The standard InChI is InChI=1S/C13H9.C13H10.C7H9.2ClH.Zr/c1-3-7-12-10(5-1)9-11-6-2-4-8-13(11)12;1-3-7-12(8-4-1)11-13-9-5-2-6-10-13;1-6-4-3-5-7(6)2;;;/h1-9H;1-10H;4H,3H2,1-2H3;2*1H;/q-1;;-1;;;+2. The first-order chi connectivity index (χ1) is 16.6. The van der Waals surface area contributed by atoms with Crippen LogP contribution in [0.3, 0.4) is 0 Å². The zero-order valence-corrected chi connectivity index (χ0v) is 24.7. The average Bonchev–Trinajstić information content (AvgIpc) is 3.47. The summed E-state index contributed by atoms with van der Waals surface area (Å²) in [6.07, 6.45) is 6.41. The van der Waals surface area contributed by atoms with Gasteiger partial charge in [-0.15, -0.1) is 77.9 Å². The van der Waals surface area contributed by atoms with Crippen LogP contribution < -0.4 is 0 Å². The Hall–Kier alpha value is -2.44. The van der Waals surface area contributed by atoms with Crippen molar-refractivity contribution < 1.29 is 24.2 Å². The van der Waals surface area contributed by atoms with Crippen molar-refractivity contribution in [2.24, 2.45) is 0 Å². The minimum Gasteiger partial charge on any atom is -0.126 e. The van der Waals surface area contributed by atoms with Gasteiger partial charge in [-0.2, -0.15) is 6.08 Å². The topological polar surface area (TPSA) is 0 Å². The van der Waals surface area contributed by atoms with E-state index in [1.807, 2.05) is 0 Å². The summed E-state index contributed by atoms with van der Waals surface area (Å²) >= 11 is 1.46. The molecule has 0 saturated heterocycles. The molecule has 0 nitrogen and oxygen atoms in total. The Balaban J connectivity index is 0.000000194. The maximum absolute atomic E-state index is 3.19. The summed E-state index contributed by atoms with van der Waals surface area (Å²) in [5.41, 5.74) is 5.37. The molecule has 5 aromatic rings. The largest absolute Gasteiger partial charge is 0.126 e. The molecule has 0 aliphatic heterocycles. The Labute approximate surface area is 242 Å². The SMILES string of the molecule is CC1=[C-]CC=C1C.Cl.Cl.[Zr+2]=[C](c1ccccc1)c1ccccc1.c1ccc2c(c1)[cH-]c1ccccc12. The fourth-order valence-corrected chi connectivity index (χ4v) is 4.75. The molecule has 0 heterocycles. The molecule has 6 rings (SSSR count). The fourth-order valence-electron chi connectivity index (χ4n) is 3.93. The summed E-state index contributed by atoms with van der Waals surface area (Å²) in [5, 5.41) is 5.39. The molecule has 0 fully saturated rings. The Morgan fingerprint density at radius 1 is 0.639 bits per heavy atom. The van der Waals surface area contributed by atoms with Gasteiger partial charge in [0.2, 0.25) is 0 Å². The van der Waals surface area contributed by atoms with Gasteiger partial charge in [0, 0.05) is 0 Å². The predicted molar refractivity (Wildman–Crippen MR) is 158 cm³/mol. The van der Waals surface area contributed by atoms with Crippen LogP contribution in [0.5, 0.6) is 0 Å². The summed E-state index contributed by atoms with van der Waals surface area (Å²) < 4.78 is 1.42. The first-order valence-corrected chi connectivity index (χ1v) is 12.8. The molecule has 180 valence electrons. The maximum atomic E-state index is 3.19. The van der Waals surface area contributed by atoms with E-state index in [4.69, 9.17) is 0 Å². The Bertz CT molecular complexity index is 1340. The molecule has 0 amide bonds. The number of hydrogen-bond donors (Lipinski definition) is 0. The Morgan fingerprint density at radius 2 is 1.06 bits per heavy atom. The van der Waals surface area contributed by atoms with Gasteiger partial charge < -0.3 is 0 Å². The van der Waals surface area contributed by atoms with E-state index in [-0.39, 0.29) is 24.8 Å². The molecule has 36 heavy (non-hydrogen) atoms. The molecule has 0 spiro atoms. The van der Waals surface area contributed by atoms with Crippen LogP contribution in [0.1, 0.15) is 31.4 Å². The summed E-state index contributed by atoms with van der Waals surface area (Å²) in [7, 11) is 0. The van der Waals surface area contributed by atoms with E-state index in [2.05, 4.69) is 141 Å². The van der Waals surface area contributed by atoms with Crippen molar-refractivity contribution in [3.8, 4) is 0 Å². The van der Waals surface area contributed by atoms with E-state index in [9.17, 15) is 0 Å². The minimum absolute atomic E-state index is 0. The number of allylic oxidation sites excluding steroid dienone is 4. The van der Waals surface area contributed by atoms with E-state index in [1.54, 1.807) is 0 Å². The maximum Gasteiger partial charge on any atom is -0.0771 e. The Morgan fingerprint density at radius 3 is 1.42 bits per heavy atom. The van der Waals surface area contributed by atoms with Crippen LogP contribution in [0.2, 0.25) is 0 Å². The molecule has 3 heteroatoms. The predicted octanol–water partition coefficient (Wildman–Crippen LogP) is 9.44. The summed E-state index contributed by atoms with van der Waals surface area (Å²) in [6, 6.07) is 40.4. The zero-order chi connectivity index (χ0) is 23.8. The average molecular weight is 589 g/mol.